The number of hydrogen-bond acceptors (Lipinski definition) is 3. The molecule has 2 aromatic heterocycles. The number of aromatic nitrogens is 3. The van der Waals surface area contributed by atoms with E-state index >= 15 is 0 Å². The molecule has 2 aliphatic rings. The van der Waals surface area contributed by atoms with Crippen LogP contribution in [0.4, 0.5) is 4.39 Å². The van der Waals surface area contributed by atoms with E-state index in [1.165, 1.54) is 6.07 Å². The Balaban J connectivity index is 1.44. The molecular formula is C24H21FN4O2. The number of carbonyl (C=O) groups excluding carboxylic acids is 1. The van der Waals surface area contributed by atoms with Gasteiger partial charge in [0, 0.05) is 37.0 Å². The molecule has 31 heavy (non-hydrogen) atoms. The van der Waals surface area contributed by atoms with Gasteiger partial charge in [0.2, 0.25) is 0 Å². The molecule has 1 amide bonds. The van der Waals surface area contributed by atoms with Crippen molar-refractivity contribution in [2.24, 2.45) is 0 Å². The molecule has 7 heteroatoms. The van der Waals surface area contributed by atoms with Crippen molar-refractivity contribution in [3.05, 3.63) is 105 Å². The van der Waals surface area contributed by atoms with Gasteiger partial charge in [-0.1, -0.05) is 24.3 Å². The number of hydrogen-bond donors (Lipinski definition) is 1. The fourth-order valence-electron chi connectivity index (χ4n) is 4.20. The Labute approximate surface area is 178 Å². The Hall–Kier alpha value is -3.74. The van der Waals surface area contributed by atoms with Crippen molar-refractivity contribution in [2.75, 3.05) is 6.54 Å². The van der Waals surface area contributed by atoms with Crippen molar-refractivity contribution in [2.45, 2.75) is 25.9 Å². The second-order valence-electron chi connectivity index (χ2n) is 7.79. The summed E-state index contributed by atoms with van der Waals surface area (Å²) in [4.78, 5) is 26.9. The monoisotopic (exact) mass is 416 g/mol. The van der Waals surface area contributed by atoms with Gasteiger partial charge in [-0.3, -0.25) is 9.59 Å². The smallest absolute Gasteiger partial charge is 0.271 e. The Kier molecular flexibility index (Phi) is 4.86. The zero-order chi connectivity index (χ0) is 21.4. The van der Waals surface area contributed by atoms with Gasteiger partial charge < -0.3 is 9.47 Å². The summed E-state index contributed by atoms with van der Waals surface area (Å²) in [5, 5.41) is 6.78. The maximum atomic E-state index is 14.6. The number of aromatic amines is 1. The highest BCUT2D eigenvalue weighted by Crippen LogP contribution is 2.22. The van der Waals surface area contributed by atoms with E-state index in [1.54, 1.807) is 23.1 Å². The fraction of sp³-hybridized carbons (Fsp3) is 0.208. The first-order valence-corrected chi connectivity index (χ1v) is 10.3. The van der Waals surface area contributed by atoms with Gasteiger partial charge >= 0.3 is 0 Å². The molecule has 156 valence electrons. The van der Waals surface area contributed by atoms with Crippen molar-refractivity contribution < 1.29 is 9.18 Å². The number of benzene rings is 1. The minimum absolute atomic E-state index is 0.0628. The van der Waals surface area contributed by atoms with Crippen LogP contribution in [0.25, 0.3) is 6.08 Å². The van der Waals surface area contributed by atoms with Crippen LogP contribution in [-0.4, -0.2) is 32.1 Å². The number of fused-ring (bicyclic) bond motifs is 2. The zero-order valence-electron chi connectivity index (χ0n) is 16.8. The highest BCUT2D eigenvalue weighted by atomic mass is 19.1. The minimum Gasteiger partial charge on any atom is -0.348 e. The first-order valence-electron chi connectivity index (χ1n) is 10.3. The average molecular weight is 416 g/mol. The lowest BCUT2D eigenvalue weighted by molar-refractivity contribution is 0.0706. The molecule has 3 heterocycles. The summed E-state index contributed by atoms with van der Waals surface area (Å²) in [6, 6.07) is 8.53. The number of amides is 1. The zero-order valence-corrected chi connectivity index (χ0v) is 16.8. The normalized spacial score (nSPS) is 14.8. The maximum absolute atomic E-state index is 14.6. The summed E-state index contributed by atoms with van der Waals surface area (Å²) in [5.41, 5.74) is 3.79. The third-order valence-electron chi connectivity index (χ3n) is 5.85. The van der Waals surface area contributed by atoms with Gasteiger partial charge in [-0.05, 0) is 47.9 Å². The first kappa shape index (κ1) is 19.2. The predicted molar refractivity (Wildman–Crippen MR) is 115 cm³/mol. The van der Waals surface area contributed by atoms with E-state index in [-0.39, 0.29) is 17.0 Å². The second-order valence-corrected chi connectivity index (χ2v) is 7.79. The molecule has 0 bridgehead atoms. The van der Waals surface area contributed by atoms with Gasteiger partial charge in [0.1, 0.15) is 5.82 Å². The molecule has 6 nitrogen and oxygen atoms in total. The molecule has 1 aliphatic heterocycles. The molecule has 0 radical (unpaired) electrons. The van der Waals surface area contributed by atoms with Crippen LogP contribution in [0, 0.1) is 5.82 Å². The van der Waals surface area contributed by atoms with Gasteiger partial charge in [0.15, 0.2) is 0 Å². The molecule has 0 fully saturated rings. The molecule has 1 aromatic carbocycles. The van der Waals surface area contributed by atoms with Crippen LogP contribution >= 0.6 is 0 Å². The fourth-order valence-corrected chi connectivity index (χ4v) is 4.20. The SMILES string of the molecule is O=C(c1cc(Cc2n[nH]c(=O)c3c2CC=CC=C3)ccc1F)N1CCn2cccc2C1. The van der Waals surface area contributed by atoms with Crippen molar-refractivity contribution in [3.8, 4) is 0 Å². The number of nitrogens with one attached hydrogen (secondary N) is 1. The topological polar surface area (TPSA) is 71.0 Å². The molecule has 0 atom stereocenters. The Bertz CT molecular complexity index is 1280. The standard InChI is InChI=1S/C24H21FN4O2/c25-21-9-8-16(14-22-18-6-2-1-3-7-19(18)23(30)27-26-22)13-20(21)24(31)29-12-11-28-10-4-5-17(28)15-29/h1-5,7-10,13H,6,11-12,14-15H2,(H,27,30). The average Bonchev–Trinajstić information content (AvgIpc) is 3.10. The molecular weight excluding hydrogens is 395 g/mol. The Morgan fingerprint density at radius 1 is 1.19 bits per heavy atom. The van der Waals surface area contributed by atoms with Gasteiger partial charge in [-0.25, -0.2) is 9.49 Å². The van der Waals surface area contributed by atoms with Crippen molar-refractivity contribution in [1.82, 2.24) is 19.7 Å². The molecule has 0 saturated heterocycles. The van der Waals surface area contributed by atoms with E-state index < -0.39 is 5.82 Å². The largest absolute Gasteiger partial charge is 0.348 e. The molecule has 0 unspecified atom stereocenters. The van der Waals surface area contributed by atoms with E-state index in [0.29, 0.717) is 43.7 Å². The van der Waals surface area contributed by atoms with Gasteiger partial charge in [-0.15, -0.1) is 0 Å². The summed E-state index contributed by atoms with van der Waals surface area (Å²) in [6.45, 7) is 1.70. The lowest BCUT2D eigenvalue weighted by Crippen LogP contribution is -2.38. The Morgan fingerprint density at radius 3 is 3.00 bits per heavy atom. The molecule has 1 aliphatic carbocycles. The van der Waals surface area contributed by atoms with Gasteiger partial charge in [0.25, 0.3) is 11.5 Å². The number of halogens is 1. The highest BCUT2D eigenvalue weighted by Gasteiger charge is 2.24. The van der Waals surface area contributed by atoms with E-state index in [9.17, 15) is 14.0 Å². The summed E-state index contributed by atoms with van der Waals surface area (Å²) in [7, 11) is 0. The van der Waals surface area contributed by atoms with Crippen LogP contribution in [0.5, 0.6) is 0 Å². The van der Waals surface area contributed by atoms with Crippen LogP contribution in [0.1, 0.15) is 38.4 Å². The quantitative estimate of drug-likeness (QED) is 0.713. The van der Waals surface area contributed by atoms with Crippen molar-refractivity contribution in [3.63, 3.8) is 0 Å². The highest BCUT2D eigenvalue weighted by molar-refractivity contribution is 5.94. The summed E-state index contributed by atoms with van der Waals surface area (Å²) < 4.78 is 16.7. The third-order valence-corrected chi connectivity index (χ3v) is 5.85. The molecule has 0 spiro atoms. The minimum atomic E-state index is -0.533. The lowest BCUT2D eigenvalue weighted by atomic mass is 9.98. The molecule has 1 N–H and O–H groups in total. The number of H-pyrrole nitrogens is 1. The molecule has 5 rings (SSSR count). The predicted octanol–water partition coefficient (Wildman–Crippen LogP) is 3.08. The second kappa shape index (κ2) is 7.83. The summed E-state index contributed by atoms with van der Waals surface area (Å²) in [5.74, 6) is -0.847. The number of rotatable bonds is 3. The van der Waals surface area contributed by atoms with Gasteiger partial charge in [0.05, 0.1) is 17.8 Å². The lowest BCUT2D eigenvalue weighted by Gasteiger charge is -2.29. The van der Waals surface area contributed by atoms with Crippen molar-refractivity contribution in [1.29, 1.82) is 0 Å². The van der Waals surface area contributed by atoms with Crippen LogP contribution in [0.15, 0.2) is 59.6 Å². The van der Waals surface area contributed by atoms with E-state index in [4.69, 9.17) is 0 Å². The van der Waals surface area contributed by atoms with E-state index in [2.05, 4.69) is 14.8 Å². The number of allylic oxidation sites excluding steroid dienone is 3. The summed E-state index contributed by atoms with van der Waals surface area (Å²) in [6.07, 6.45) is 10.4. The van der Waals surface area contributed by atoms with E-state index in [1.807, 2.05) is 36.6 Å². The van der Waals surface area contributed by atoms with Crippen LogP contribution in [0.3, 0.4) is 0 Å². The number of carbonyl (C=O) groups is 1. The van der Waals surface area contributed by atoms with Crippen LogP contribution in [-0.2, 0) is 25.9 Å². The number of nitrogens with zero attached hydrogens (tertiary/aromatic N) is 3. The maximum Gasteiger partial charge on any atom is 0.271 e. The molecule has 3 aromatic rings. The Morgan fingerprint density at radius 2 is 2.10 bits per heavy atom. The molecule has 0 saturated carbocycles. The van der Waals surface area contributed by atoms with E-state index in [0.717, 1.165) is 16.8 Å². The summed E-state index contributed by atoms with van der Waals surface area (Å²) >= 11 is 0. The first-order chi connectivity index (χ1) is 15.1. The van der Waals surface area contributed by atoms with Crippen LogP contribution < -0.4 is 5.56 Å². The third kappa shape index (κ3) is 3.63. The van der Waals surface area contributed by atoms with Crippen molar-refractivity contribution >= 4 is 12.0 Å². The van der Waals surface area contributed by atoms with Crippen LogP contribution in [0.2, 0.25) is 0 Å². The van der Waals surface area contributed by atoms with Gasteiger partial charge in [-0.2, -0.15) is 5.10 Å².